The van der Waals surface area contributed by atoms with Crippen LogP contribution in [0.3, 0.4) is 0 Å². The van der Waals surface area contributed by atoms with Gasteiger partial charge in [0.2, 0.25) is 0 Å². The summed E-state index contributed by atoms with van der Waals surface area (Å²) >= 11 is 3.87. The molecule has 0 aliphatic rings. The van der Waals surface area contributed by atoms with Crippen molar-refractivity contribution >= 4 is 26.2 Å². The van der Waals surface area contributed by atoms with Crippen LogP contribution in [-0.4, -0.2) is 27.9 Å². The molecule has 0 radical (unpaired) electrons. The van der Waals surface area contributed by atoms with Gasteiger partial charge in [0.15, 0.2) is 6.10 Å². The Morgan fingerprint density at radius 2 is 2.08 bits per heavy atom. The predicted octanol–water partition coefficient (Wildman–Crippen LogP) is -3.64. The minimum atomic E-state index is -4.00. The van der Waals surface area contributed by atoms with Crippen LogP contribution in [0.1, 0.15) is 6.92 Å². The molecule has 5 nitrogen and oxygen atoms in total. The van der Waals surface area contributed by atoms with E-state index >= 15 is 0 Å². The van der Waals surface area contributed by atoms with Gasteiger partial charge in [0.05, 0.1) is 16.2 Å². The van der Waals surface area contributed by atoms with Crippen molar-refractivity contribution in [3.63, 3.8) is 0 Å². The molecule has 8 heteroatoms. The van der Waals surface area contributed by atoms with E-state index in [1.165, 1.54) is 6.92 Å². The third-order valence-electron chi connectivity index (χ3n) is 0.795. The van der Waals surface area contributed by atoms with Gasteiger partial charge in [0.1, 0.15) is 0 Å². The summed E-state index contributed by atoms with van der Waals surface area (Å²) in [6, 6.07) is 0. The standard InChI is InChI=1S/C4H8O5S2.Na/c1-3(4(5)8-2)9-11(6,7)10;/h3H,1-2H3,(H,6,7,10);/q;+1/p-1. The molecule has 0 aromatic heterocycles. The van der Waals surface area contributed by atoms with E-state index in [-0.39, 0.29) is 29.6 Å². The molecule has 12 heavy (non-hydrogen) atoms. The van der Waals surface area contributed by atoms with E-state index in [1.807, 2.05) is 0 Å². The molecule has 66 valence electrons. The molecule has 0 aliphatic carbocycles. The number of ether oxygens (including phenoxy) is 1. The van der Waals surface area contributed by atoms with E-state index in [2.05, 4.69) is 20.1 Å². The Morgan fingerprint density at radius 3 is 2.33 bits per heavy atom. The summed E-state index contributed by atoms with van der Waals surface area (Å²) < 4.78 is 28.8. The summed E-state index contributed by atoms with van der Waals surface area (Å²) in [7, 11) is -2.87. The molecule has 0 saturated carbocycles. The van der Waals surface area contributed by atoms with Crippen LogP contribution in [0.4, 0.5) is 0 Å². The molecule has 2 atom stereocenters. The van der Waals surface area contributed by atoms with Crippen molar-refractivity contribution in [3.8, 4) is 0 Å². The second-order valence-electron chi connectivity index (χ2n) is 1.67. The van der Waals surface area contributed by atoms with Crippen LogP contribution in [-0.2, 0) is 34.0 Å². The van der Waals surface area contributed by atoms with E-state index in [1.54, 1.807) is 0 Å². The van der Waals surface area contributed by atoms with Crippen molar-refractivity contribution in [1.82, 2.24) is 0 Å². The number of hydrogen-bond donors (Lipinski definition) is 0. The molecule has 0 saturated heterocycles. The second kappa shape index (κ2) is 6.25. The van der Waals surface area contributed by atoms with Gasteiger partial charge in [0.25, 0.3) is 0 Å². The van der Waals surface area contributed by atoms with E-state index < -0.39 is 21.1 Å². The number of rotatable bonds is 3. The van der Waals surface area contributed by atoms with Gasteiger partial charge in [0, 0.05) is 0 Å². The van der Waals surface area contributed by atoms with Gasteiger partial charge >= 0.3 is 35.5 Å². The number of carbonyl (C=O) groups is 1. The normalized spacial score (nSPS) is 16.9. The summed E-state index contributed by atoms with van der Waals surface area (Å²) in [5, 5.41) is 0. The van der Waals surface area contributed by atoms with Crippen molar-refractivity contribution in [2.24, 2.45) is 0 Å². The maximum atomic E-state index is 10.5. The molecule has 0 amide bonds. The van der Waals surface area contributed by atoms with Crippen molar-refractivity contribution in [2.75, 3.05) is 7.11 Å². The van der Waals surface area contributed by atoms with Crippen LogP contribution in [0.2, 0.25) is 0 Å². The summed E-state index contributed by atoms with van der Waals surface area (Å²) in [5.74, 6) is -0.779. The Bertz CT molecular complexity index is 236. The SMILES string of the molecule is COC(=O)C(C)OS(=O)([O-])=S.[Na+]. The zero-order valence-electron chi connectivity index (χ0n) is 6.94. The van der Waals surface area contributed by atoms with Crippen molar-refractivity contribution in [2.45, 2.75) is 13.0 Å². The molecule has 0 aromatic rings. The smallest absolute Gasteiger partial charge is 0.748 e. The maximum Gasteiger partial charge on any atom is 1.00 e. The van der Waals surface area contributed by atoms with Crippen LogP contribution in [0.15, 0.2) is 0 Å². The zero-order chi connectivity index (χ0) is 9.07. The van der Waals surface area contributed by atoms with Gasteiger partial charge in [-0.15, -0.1) is 0 Å². The molecular formula is C4H7NaO5S2. The first-order chi connectivity index (χ1) is 4.87. The van der Waals surface area contributed by atoms with E-state index in [0.29, 0.717) is 0 Å². The van der Waals surface area contributed by atoms with Gasteiger partial charge in [-0.2, -0.15) is 0 Å². The molecule has 0 rings (SSSR count). The second-order valence-corrected chi connectivity index (χ2v) is 3.90. The van der Waals surface area contributed by atoms with Crippen LogP contribution < -0.4 is 29.6 Å². The first-order valence-corrected chi connectivity index (χ1v) is 4.92. The van der Waals surface area contributed by atoms with Crippen LogP contribution in [0.5, 0.6) is 0 Å². The van der Waals surface area contributed by atoms with Gasteiger partial charge in [-0.25, -0.2) is 9.00 Å². The van der Waals surface area contributed by atoms with Crippen LogP contribution >= 0.6 is 0 Å². The van der Waals surface area contributed by atoms with E-state index in [9.17, 15) is 13.6 Å². The molecule has 0 spiro atoms. The summed E-state index contributed by atoms with van der Waals surface area (Å²) in [6.45, 7) is 1.23. The quantitative estimate of drug-likeness (QED) is 0.362. The molecular weight excluding hydrogens is 215 g/mol. The van der Waals surface area contributed by atoms with Gasteiger partial charge in [-0.3, -0.25) is 4.18 Å². The fourth-order valence-corrected chi connectivity index (χ4v) is 1.17. The predicted molar refractivity (Wildman–Crippen MR) is 38.8 cm³/mol. The van der Waals surface area contributed by atoms with Crippen LogP contribution in [0, 0.1) is 0 Å². The summed E-state index contributed by atoms with van der Waals surface area (Å²) in [6.07, 6.45) is -1.18. The average Bonchev–Trinajstić information content (AvgIpc) is 1.82. The molecule has 0 aliphatic heterocycles. The molecule has 0 N–H and O–H groups in total. The van der Waals surface area contributed by atoms with Crippen LogP contribution in [0.25, 0.3) is 0 Å². The Balaban J connectivity index is 0. The molecule has 0 aromatic carbocycles. The Kier molecular flexibility index (Phi) is 7.94. The fourth-order valence-electron chi connectivity index (χ4n) is 0.382. The van der Waals surface area contributed by atoms with Crippen molar-refractivity contribution in [3.05, 3.63) is 0 Å². The summed E-state index contributed by atoms with van der Waals surface area (Å²) in [5.41, 5.74) is 0. The monoisotopic (exact) mass is 222 g/mol. The third kappa shape index (κ3) is 7.41. The Labute approximate surface area is 97.8 Å². The number of methoxy groups -OCH3 is 1. The number of hydrogen-bond acceptors (Lipinski definition) is 6. The average molecular weight is 222 g/mol. The first-order valence-electron chi connectivity index (χ1n) is 2.58. The number of esters is 1. The van der Waals surface area contributed by atoms with E-state index in [4.69, 9.17) is 0 Å². The fraction of sp³-hybridized carbons (Fsp3) is 0.750. The van der Waals surface area contributed by atoms with Crippen molar-refractivity contribution < 1.29 is 52.0 Å². The molecule has 0 bridgehead atoms. The molecule has 0 fully saturated rings. The largest absolute Gasteiger partial charge is 1.00 e. The van der Waals surface area contributed by atoms with Crippen molar-refractivity contribution in [1.29, 1.82) is 0 Å². The minimum absolute atomic E-state index is 0. The zero-order valence-corrected chi connectivity index (χ0v) is 10.6. The maximum absolute atomic E-state index is 10.5. The van der Waals surface area contributed by atoms with Gasteiger partial charge < -0.3 is 9.29 Å². The van der Waals surface area contributed by atoms with Gasteiger partial charge in [-0.05, 0) is 18.1 Å². The molecule has 2 unspecified atom stereocenters. The molecule has 0 heterocycles. The Morgan fingerprint density at radius 1 is 1.67 bits per heavy atom. The minimum Gasteiger partial charge on any atom is -0.748 e. The first kappa shape index (κ1) is 15.2. The summed E-state index contributed by atoms with van der Waals surface area (Å²) in [4.78, 5) is 10.5. The van der Waals surface area contributed by atoms with E-state index in [0.717, 1.165) is 7.11 Å². The number of carbonyl (C=O) groups excluding carboxylic acids is 1. The van der Waals surface area contributed by atoms with Gasteiger partial charge in [-0.1, -0.05) is 0 Å². The third-order valence-corrected chi connectivity index (χ3v) is 1.56. The Hall–Kier alpha value is 0.760. The topological polar surface area (TPSA) is 75.7 Å².